The second-order valence-corrected chi connectivity index (χ2v) is 3.58. The van der Waals surface area contributed by atoms with Gasteiger partial charge in [0.15, 0.2) is 0 Å². The van der Waals surface area contributed by atoms with E-state index in [2.05, 4.69) is 5.32 Å². The molecule has 1 N–H and O–H groups in total. The fraction of sp³-hybridized carbons (Fsp3) is 0.154. The number of carbonyl (C=O) groups is 1. The molecule has 2 rings (SSSR count). The van der Waals surface area contributed by atoms with Crippen LogP contribution in [0, 0.1) is 6.92 Å². The van der Waals surface area contributed by atoms with Gasteiger partial charge in [-0.3, -0.25) is 4.79 Å². The average Bonchev–Trinajstić information content (AvgIpc) is 2.79. The quantitative estimate of drug-likeness (QED) is 0.854. The SMILES string of the molecule is Cc1ccccc1C(=O)NCc1ccco1. The molecule has 1 heterocycles. The van der Waals surface area contributed by atoms with Gasteiger partial charge in [-0.25, -0.2) is 0 Å². The highest BCUT2D eigenvalue weighted by Gasteiger charge is 2.07. The molecule has 1 aromatic heterocycles. The highest BCUT2D eigenvalue weighted by atomic mass is 16.3. The molecule has 0 fully saturated rings. The number of nitrogens with one attached hydrogen (secondary N) is 1. The van der Waals surface area contributed by atoms with Gasteiger partial charge >= 0.3 is 0 Å². The molecule has 3 heteroatoms. The third-order valence-corrected chi connectivity index (χ3v) is 2.39. The van der Waals surface area contributed by atoms with Crippen LogP contribution in [0.4, 0.5) is 0 Å². The number of carbonyl (C=O) groups excluding carboxylic acids is 1. The van der Waals surface area contributed by atoms with Crippen LogP contribution in [0.15, 0.2) is 47.1 Å². The number of aryl methyl sites for hydroxylation is 1. The first-order valence-electron chi connectivity index (χ1n) is 5.13. The van der Waals surface area contributed by atoms with Gasteiger partial charge in [-0.15, -0.1) is 0 Å². The van der Waals surface area contributed by atoms with Gasteiger partial charge in [-0.1, -0.05) is 18.2 Å². The molecule has 0 aliphatic carbocycles. The summed E-state index contributed by atoms with van der Waals surface area (Å²) in [6.45, 7) is 2.34. The number of amides is 1. The number of benzene rings is 1. The van der Waals surface area contributed by atoms with Crippen molar-refractivity contribution in [1.82, 2.24) is 5.32 Å². The fourth-order valence-electron chi connectivity index (χ4n) is 1.50. The molecule has 0 aliphatic rings. The third-order valence-electron chi connectivity index (χ3n) is 2.39. The van der Waals surface area contributed by atoms with Crippen molar-refractivity contribution in [3.05, 3.63) is 59.5 Å². The Morgan fingerprint density at radius 2 is 2.06 bits per heavy atom. The summed E-state index contributed by atoms with van der Waals surface area (Å²) in [7, 11) is 0. The molecule has 0 bridgehead atoms. The molecular weight excluding hydrogens is 202 g/mol. The molecule has 82 valence electrons. The van der Waals surface area contributed by atoms with Gasteiger partial charge in [0.2, 0.25) is 0 Å². The van der Waals surface area contributed by atoms with Crippen molar-refractivity contribution in [3.63, 3.8) is 0 Å². The van der Waals surface area contributed by atoms with Crippen molar-refractivity contribution in [1.29, 1.82) is 0 Å². The summed E-state index contributed by atoms with van der Waals surface area (Å²) in [6, 6.07) is 11.1. The number of hydrogen-bond acceptors (Lipinski definition) is 2. The molecule has 16 heavy (non-hydrogen) atoms. The van der Waals surface area contributed by atoms with Crippen molar-refractivity contribution >= 4 is 5.91 Å². The van der Waals surface area contributed by atoms with Crippen molar-refractivity contribution in [2.24, 2.45) is 0 Å². The van der Waals surface area contributed by atoms with E-state index >= 15 is 0 Å². The molecule has 0 spiro atoms. The molecule has 1 aromatic carbocycles. The summed E-state index contributed by atoms with van der Waals surface area (Å²) in [5.41, 5.74) is 1.67. The van der Waals surface area contributed by atoms with E-state index in [0.29, 0.717) is 12.1 Å². The maximum atomic E-state index is 11.8. The zero-order valence-corrected chi connectivity index (χ0v) is 9.07. The van der Waals surface area contributed by atoms with E-state index in [0.717, 1.165) is 11.3 Å². The Morgan fingerprint density at radius 1 is 1.25 bits per heavy atom. The van der Waals surface area contributed by atoms with Crippen LogP contribution >= 0.6 is 0 Å². The molecule has 0 aliphatic heterocycles. The fourth-order valence-corrected chi connectivity index (χ4v) is 1.50. The minimum atomic E-state index is -0.0745. The van der Waals surface area contributed by atoms with Crippen LogP contribution in [0.2, 0.25) is 0 Å². The monoisotopic (exact) mass is 215 g/mol. The second-order valence-electron chi connectivity index (χ2n) is 3.58. The molecule has 0 saturated carbocycles. The van der Waals surface area contributed by atoms with Gasteiger partial charge in [0, 0.05) is 5.56 Å². The molecule has 1 amide bonds. The standard InChI is InChI=1S/C13H13NO2/c1-10-5-2-3-7-12(10)13(15)14-9-11-6-4-8-16-11/h2-8H,9H2,1H3,(H,14,15). The van der Waals surface area contributed by atoms with Gasteiger partial charge in [-0.2, -0.15) is 0 Å². The van der Waals surface area contributed by atoms with E-state index < -0.39 is 0 Å². The first-order chi connectivity index (χ1) is 7.77. The van der Waals surface area contributed by atoms with Crippen LogP contribution in [-0.2, 0) is 6.54 Å². The van der Waals surface area contributed by atoms with Crippen LogP contribution in [0.3, 0.4) is 0 Å². The summed E-state index contributed by atoms with van der Waals surface area (Å²) in [5.74, 6) is 0.677. The Hall–Kier alpha value is -2.03. The first-order valence-corrected chi connectivity index (χ1v) is 5.13. The third kappa shape index (κ3) is 2.31. The minimum absolute atomic E-state index is 0.0745. The van der Waals surface area contributed by atoms with E-state index in [1.165, 1.54) is 0 Å². The zero-order chi connectivity index (χ0) is 11.4. The molecular formula is C13H13NO2. The second kappa shape index (κ2) is 4.66. The highest BCUT2D eigenvalue weighted by Crippen LogP contribution is 2.07. The normalized spacial score (nSPS) is 10.1. The van der Waals surface area contributed by atoms with E-state index in [4.69, 9.17) is 4.42 Å². The van der Waals surface area contributed by atoms with Crippen molar-refractivity contribution in [2.75, 3.05) is 0 Å². The maximum Gasteiger partial charge on any atom is 0.251 e. The Balaban J connectivity index is 2.01. The van der Waals surface area contributed by atoms with Crippen LogP contribution in [0.25, 0.3) is 0 Å². The van der Waals surface area contributed by atoms with E-state index in [1.807, 2.05) is 37.3 Å². The zero-order valence-electron chi connectivity index (χ0n) is 9.07. The van der Waals surface area contributed by atoms with Crippen LogP contribution < -0.4 is 5.32 Å². The van der Waals surface area contributed by atoms with Gasteiger partial charge in [0.1, 0.15) is 5.76 Å². The lowest BCUT2D eigenvalue weighted by atomic mass is 10.1. The predicted octanol–water partition coefficient (Wildman–Crippen LogP) is 2.52. The van der Waals surface area contributed by atoms with E-state index in [1.54, 1.807) is 12.3 Å². The van der Waals surface area contributed by atoms with Gasteiger partial charge in [-0.05, 0) is 30.7 Å². The average molecular weight is 215 g/mol. The molecule has 0 atom stereocenters. The molecule has 3 nitrogen and oxygen atoms in total. The van der Waals surface area contributed by atoms with E-state index in [9.17, 15) is 4.79 Å². The van der Waals surface area contributed by atoms with Crippen molar-refractivity contribution in [2.45, 2.75) is 13.5 Å². The van der Waals surface area contributed by atoms with Gasteiger partial charge in [0.05, 0.1) is 12.8 Å². The van der Waals surface area contributed by atoms with Crippen LogP contribution in [0.1, 0.15) is 21.7 Å². The lowest BCUT2D eigenvalue weighted by molar-refractivity contribution is 0.0947. The Bertz CT molecular complexity index is 474. The summed E-state index contributed by atoms with van der Waals surface area (Å²) in [5, 5.41) is 2.81. The summed E-state index contributed by atoms with van der Waals surface area (Å²) < 4.78 is 5.14. The summed E-state index contributed by atoms with van der Waals surface area (Å²) in [6.07, 6.45) is 1.59. The maximum absolute atomic E-state index is 11.8. The molecule has 0 unspecified atom stereocenters. The van der Waals surface area contributed by atoms with Crippen molar-refractivity contribution < 1.29 is 9.21 Å². The molecule has 2 aromatic rings. The Kier molecular flexibility index (Phi) is 3.05. The predicted molar refractivity (Wildman–Crippen MR) is 61.1 cm³/mol. The lowest BCUT2D eigenvalue weighted by Gasteiger charge is -2.05. The summed E-state index contributed by atoms with van der Waals surface area (Å²) >= 11 is 0. The lowest BCUT2D eigenvalue weighted by Crippen LogP contribution is -2.23. The topological polar surface area (TPSA) is 42.2 Å². The van der Waals surface area contributed by atoms with Crippen LogP contribution in [0.5, 0.6) is 0 Å². The van der Waals surface area contributed by atoms with Crippen molar-refractivity contribution in [3.8, 4) is 0 Å². The highest BCUT2D eigenvalue weighted by molar-refractivity contribution is 5.95. The van der Waals surface area contributed by atoms with Gasteiger partial charge < -0.3 is 9.73 Å². The van der Waals surface area contributed by atoms with E-state index in [-0.39, 0.29) is 5.91 Å². The number of rotatable bonds is 3. The first kappa shape index (κ1) is 10.5. The van der Waals surface area contributed by atoms with Gasteiger partial charge in [0.25, 0.3) is 5.91 Å². The molecule has 0 radical (unpaired) electrons. The summed E-state index contributed by atoms with van der Waals surface area (Å²) in [4.78, 5) is 11.8. The molecule has 0 saturated heterocycles. The largest absolute Gasteiger partial charge is 0.467 e. The minimum Gasteiger partial charge on any atom is -0.467 e. The Labute approximate surface area is 94.1 Å². The number of furan rings is 1. The smallest absolute Gasteiger partial charge is 0.251 e. The Morgan fingerprint density at radius 3 is 2.75 bits per heavy atom. The number of hydrogen-bond donors (Lipinski definition) is 1. The van der Waals surface area contributed by atoms with Crippen LogP contribution in [-0.4, -0.2) is 5.91 Å².